The van der Waals surface area contributed by atoms with Gasteiger partial charge in [0.1, 0.15) is 5.82 Å². The van der Waals surface area contributed by atoms with Gasteiger partial charge in [0.05, 0.1) is 0 Å². The van der Waals surface area contributed by atoms with Crippen molar-refractivity contribution in [3.63, 3.8) is 0 Å². The van der Waals surface area contributed by atoms with Gasteiger partial charge in [-0.15, -0.1) is 0 Å². The Morgan fingerprint density at radius 2 is 2.20 bits per heavy atom. The standard InChI is InChI=1S/C16H24N4/c1-3-18-15(8-7-14-6-5-9-17-13-14)12-16-19-10-11-20(16)4-2/h5-6,9-11,13,15,18H,3-4,7-8,12H2,1-2H3. The van der Waals surface area contributed by atoms with Gasteiger partial charge in [-0.25, -0.2) is 4.98 Å². The Labute approximate surface area is 121 Å². The van der Waals surface area contributed by atoms with Gasteiger partial charge in [0, 0.05) is 43.8 Å². The summed E-state index contributed by atoms with van der Waals surface area (Å²) in [5.41, 5.74) is 1.30. The molecule has 1 unspecified atom stereocenters. The summed E-state index contributed by atoms with van der Waals surface area (Å²) in [5.74, 6) is 1.17. The van der Waals surface area contributed by atoms with Gasteiger partial charge in [-0.1, -0.05) is 13.0 Å². The Kier molecular flexibility index (Phi) is 5.74. The van der Waals surface area contributed by atoms with E-state index in [9.17, 15) is 0 Å². The number of likely N-dealkylation sites (N-methyl/N-ethyl adjacent to an activating group) is 1. The molecule has 2 rings (SSSR count). The Bertz CT molecular complexity index is 492. The lowest BCUT2D eigenvalue weighted by atomic mass is 10.0. The van der Waals surface area contributed by atoms with Crippen molar-refractivity contribution in [1.29, 1.82) is 0 Å². The molecule has 0 aliphatic rings. The first kappa shape index (κ1) is 14.7. The van der Waals surface area contributed by atoms with Gasteiger partial charge >= 0.3 is 0 Å². The van der Waals surface area contributed by atoms with Gasteiger partial charge < -0.3 is 9.88 Å². The molecular formula is C16H24N4. The van der Waals surface area contributed by atoms with Crippen molar-refractivity contribution in [3.8, 4) is 0 Å². The van der Waals surface area contributed by atoms with Crippen molar-refractivity contribution < 1.29 is 0 Å². The molecule has 0 fully saturated rings. The van der Waals surface area contributed by atoms with E-state index in [2.05, 4.69) is 46.0 Å². The molecule has 2 aromatic rings. The fourth-order valence-corrected chi connectivity index (χ4v) is 2.49. The zero-order valence-corrected chi connectivity index (χ0v) is 12.4. The lowest BCUT2D eigenvalue weighted by Crippen LogP contribution is -2.32. The van der Waals surface area contributed by atoms with Crippen LogP contribution in [0.4, 0.5) is 0 Å². The Morgan fingerprint density at radius 1 is 1.30 bits per heavy atom. The summed E-state index contributed by atoms with van der Waals surface area (Å²) in [6.07, 6.45) is 10.9. The third-order valence-electron chi connectivity index (χ3n) is 3.57. The van der Waals surface area contributed by atoms with Crippen LogP contribution in [-0.2, 0) is 19.4 Å². The molecule has 1 atom stereocenters. The van der Waals surface area contributed by atoms with E-state index in [1.165, 1.54) is 11.4 Å². The van der Waals surface area contributed by atoms with Crippen LogP contribution in [0.25, 0.3) is 0 Å². The van der Waals surface area contributed by atoms with Crippen LogP contribution in [0.3, 0.4) is 0 Å². The fraction of sp³-hybridized carbons (Fsp3) is 0.500. The summed E-state index contributed by atoms with van der Waals surface area (Å²) >= 11 is 0. The molecule has 0 saturated heterocycles. The van der Waals surface area contributed by atoms with Gasteiger partial charge in [-0.05, 0) is 37.9 Å². The van der Waals surface area contributed by atoms with Crippen molar-refractivity contribution in [2.75, 3.05) is 6.54 Å². The van der Waals surface area contributed by atoms with Crippen molar-refractivity contribution in [2.24, 2.45) is 0 Å². The number of pyridine rings is 1. The highest BCUT2D eigenvalue weighted by atomic mass is 15.1. The van der Waals surface area contributed by atoms with Gasteiger partial charge in [-0.2, -0.15) is 0 Å². The Morgan fingerprint density at radius 3 is 2.90 bits per heavy atom. The fourth-order valence-electron chi connectivity index (χ4n) is 2.49. The Hall–Kier alpha value is -1.68. The summed E-state index contributed by atoms with van der Waals surface area (Å²) in [4.78, 5) is 8.65. The summed E-state index contributed by atoms with van der Waals surface area (Å²) in [6.45, 7) is 6.29. The maximum atomic E-state index is 4.47. The molecule has 4 nitrogen and oxygen atoms in total. The average molecular weight is 272 g/mol. The second-order valence-corrected chi connectivity index (χ2v) is 4.99. The quantitative estimate of drug-likeness (QED) is 0.802. The number of aryl methyl sites for hydroxylation is 2. The first-order valence-electron chi connectivity index (χ1n) is 7.45. The smallest absolute Gasteiger partial charge is 0.110 e. The molecule has 0 aromatic carbocycles. The molecule has 0 amide bonds. The van der Waals surface area contributed by atoms with Crippen LogP contribution < -0.4 is 5.32 Å². The van der Waals surface area contributed by atoms with Crippen LogP contribution in [0.1, 0.15) is 31.7 Å². The van der Waals surface area contributed by atoms with E-state index in [0.717, 1.165) is 32.4 Å². The molecule has 20 heavy (non-hydrogen) atoms. The van der Waals surface area contributed by atoms with E-state index in [4.69, 9.17) is 0 Å². The number of nitrogens with one attached hydrogen (secondary N) is 1. The minimum absolute atomic E-state index is 0.466. The first-order chi connectivity index (χ1) is 9.83. The van der Waals surface area contributed by atoms with Crippen molar-refractivity contribution in [1.82, 2.24) is 19.9 Å². The first-order valence-corrected chi connectivity index (χ1v) is 7.45. The lowest BCUT2D eigenvalue weighted by Gasteiger charge is -2.18. The summed E-state index contributed by atoms with van der Waals surface area (Å²) in [7, 11) is 0. The van der Waals surface area contributed by atoms with Crippen LogP contribution in [0, 0.1) is 0 Å². The van der Waals surface area contributed by atoms with Gasteiger partial charge in [0.15, 0.2) is 0 Å². The monoisotopic (exact) mass is 272 g/mol. The number of hydrogen-bond acceptors (Lipinski definition) is 3. The topological polar surface area (TPSA) is 42.7 Å². The molecule has 0 radical (unpaired) electrons. The molecule has 0 aliphatic carbocycles. The lowest BCUT2D eigenvalue weighted by molar-refractivity contribution is 0.472. The maximum Gasteiger partial charge on any atom is 0.110 e. The molecule has 0 bridgehead atoms. The van der Waals surface area contributed by atoms with E-state index in [0.29, 0.717) is 6.04 Å². The Balaban J connectivity index is 1.93. The van der Waals surface area contributed by atoms with Crippen LogP contribution >= 0.6 is 0 Å². The molecule has 0 saturated carbocycles. The third kappa shape index (κ3) is 4.17. The van der Waals surface area contributed by atoms with E-state index >= 15 is 0 Å². The predicted molar refractivity (Wildman–Crippen MR) is 81.6 cm³/mol. The summed E-state index contributed by atoms with van der Waals surface area (Å²) < 4.78 is 2.22. The van der Waals surface area contributed by atoms with E-state index in [1.54, 1.807) is 0 Å². The van der Waals surface area contributed by atoms with Crippen LogP contribution in [0.5, 0.6) is 0 Å². The van der Waals surface area contributed by atoms with Gasteiger partial charge in [0.25, 0.3) is 0 Å². The van der Waals surface area contributed by atoms with Gasteiger partial charge in [-0.3, -0.25) is 4.98 Å². The molecule has 0 spiro atoms. The highest BCUT2D eigenvalue weighted by Gasteiger charge is 2.12. The number of rotatable bonds is 8. The number of hydrogen-bond donors (Lipinski definition) is 1. The van der Waals surface area contributed by atoms with Crippen LogP contribution in [-0.4, -0.2) is 27.1 Å². The largest absolute Gasteiger partial charge is 0.335 e. The highest BCUT2D eigenvalue weighted by Crippen LogP contribution is 2.09. The number of imidazole rings is 1. The zero-order chi connectivity index (χ0) is 14.2. The molecule has 1 N–H and O–H groups in total. The summed E-state index contributed by atoms with van der Waals surface area (Å²) in [6, 6.07) is 4.61. The van der Waals surface area contributed by atoms with Crippen molar-refractivity contribution in [2.45, 2.75) is 45.7 Å². The highest BCUT2D eigenvalue weighted by molar-refractivity contribution is 5.09. The molecular weight excluding hydrogens is 248 g/mol. The van der Waals surface area contributed by atoms with Crippen molar-refractivity contribution >= 4 is 0 Å². The molecule has 108 valence electrons. The molecule has 2 heterocycles. The average Bonchev–Trinajstić information content (AvgIpc) is 2.93. The van der Waals surface area contributed by atoms with E-state index in [1.807, 2.05) is 24.7 Å². The normalized spacial score (nSPS) is 12.5. The third-order valence-corrected chi connectivity index (χ3v) is 3.57. The van der Waals surface area contributed by atoms with Gasteiger partial charge in [0.2, 0.25) is 0 Å². The van der Waals surface area contributed by atoms with E-state index in [-0.39, 0.29) is 0 Å². The maximum absolute atomic E-state index is 4.47. The SMILES string of the molecule is CCNC(CCc1cccnc1)Cc1nccn1CC. The second kappa shape index (κ2) is 7.80. The van der Waals surface area contributed by atoms with Crippen molar-refractivity contribution in [3.05, 3.63) is 48.3 Å². The zero-order valence-electron chi connectivity index (χ0n) is 12.4. The number of aromatic nitrogens is 3. The minimum atomic E-state index is 0.466. The van der Waals surface area contributed by atoms with Crippen LogP contribution in [0.15, 0.2) is 36.9 Å². The van der Waals surface area contributed by atoms with E-state index < -0.39 is 0 Å². The predicted octanol–water partition coefficient (Wildman–Crippen LogP) is 2.45. The number of nitrogens with zero attached hydrogens (tertiary/aromatic N) is 3. The molecule has 4 heteroatoms. The van der Waals surface area contributed by atoms with Crippen LogP contribution in [0.2, 0.25) is 0 Å². The summed E-state index contributed by atoms with van der Waals surface area (Å²) in [5, 5.41) is 3.57. The second-order valence-electron chi connectivity index (χ2n) is 4.99. The molecule has 2 aromatic heterocycles. The molecule has 0 aliphatic heterocycles. The minimum Gasteiger partial charge on any atom is -0.335 e.